The zero-order valence-electron chi connectivity index (χ0n) is 10.6. The first kappa shape index (κ1) is 15.0. The van der Waals surface area contributed by atoms with E-state index >= 15 is 0 Å². The van der Waals surface area contributed by atoms with Crippen LogP contribution in [0.1, 0.15) is 35.2 Å². The number of ketones is 1. The maximum Gasteiger partial charge on any atom is 0.168 e. The first-order valence-corrected chi connectivity index (χ1v) is 7.54. The smallest absolute Gasteiger partial charge is 0.168 e. The van der Waals surface area contributed by atoms with Crippen molar-refractivity contribution in [3.05, 3.63) is 27.2 Å². The fourth-order valence-electron chi connectivity index (χ4n) is 2.51. The number of alkyl halides is 1. The Morgan fingerprint density at radius 2 is 2.05 bits per heavy atom. The van der Waals surface area contributed by atoms with Crippen molar-refractivity contribution in [3.8, 4) is 5.75 Å². The number of methoxy groups -OCH3 is 1. The average Bonchev–Trinajstić information content (AvgIpc) is 2.71. The van der Waals surface area contributed by atoms with Gasteiger partial charge in [0.05, 0.1) is 12.1 Å². The summed E-state index contributed by atoms with van der Waals surface area (Å²) in [5.74, 6) is 1.26. The molecule has 5 heteroatoms. The van der Waals surface area contributed by atoms with E-state index in [1.54, 1.807) is 7.11 Å². The fourth-order valence-corrected chi connectivity index (χ4v) is 3.23. The summed E-state index contributed by atoms with van der Waals surface area (Å²) in [6.45, 7) is 0. The van der Waals surface area contributed by atoms with Crippen LogP contribution in [0.4, 0.5) is 0 Å². The van der Waals surface area contributed by atoms with Crippen LogP contribution < -0.4 is 4.74 Å². The molecule has 0 fully saturated rings. The summed E-state index contributed by atoms with van der Waals surface area (Å²) >= 11 is 17.9. The van der Waals surface area contributed by atoms with Crippen molar-refractivity contribution < 1.29 is 9.53 Å². The zero-order chi connectivity index (χ0) is 14.0. The Morgan fingerprint density at radius 1 is 1.32 bits per heavy atom. The number of halogens is 3. The van der Waals surface area contributed by atoms with E-state index in [-0.39, 0.29) is 11.7 Å². The van der Waals surface area contributed by atoms with Gasteiger partial charge in [0.25, 0.3) is 0 Å². The van der Waals surface area contributed by atoms with Gasteiger partial charge in [-0.05, 0) is 30.9 Å². The monoisotopic (exact) mass is 320 g/mol. The minimum absolute atomic E-state index is 0.00103. The highest BCUT2D eigenvalue weighted by atomic mass is 35.5. The van der Waals surface area contributed by atoms with Crippen molar-refractivity contribution in [2.75, 3.05) is 13.0 Å². The van der Waals surface area contributed by atoms with Gasteiger partial charge in [-0.2, -0.15) is 0 Å². The third-order valence-electron chi connectivity index (χ3n) is 3.49. The number of benzene rings is 1. The van der Waals surface area contributed by atoms with Crippen LogP contribution in [-0.4, -0.2) is 18.8 Å². The molecule has 0 saturated carbocycles. The Morgan fingerprint density at radius 3 is 2.68 bits per heavy atom. The lowest BCUT2D eigenvalue weighted by Crippen LogP contribution is -2.09. The molecule has 1 aromatic carbocycles. The van der Waals surface area contributed by atoms with Gasteiger partial charge in [-0.1, -0.05) is 29.6 Å². The first-order valence-electron chi connectivity index (χ1n) is 6.25. The highest BCUT2D eigenvalue weighted by Crippen LogP contribution is 2.42. The van der Waals surface area contributed by atoms with Crippen LogP contribution in [-0.2, 0) is 6.42 Å². The Kier molecular flexibility index (Phi) is 4.99. The van der Waals surface area contributed by atoms with Gasteiger partial charge in [-0.25, -0.2) is 0 Å². The molecule has 0 saturated heterocycles. The van der Waals surface area contributed by atoms with Crippen molar-refractivity contribution in [1.82, 2.24) is 0 Å². The molecule has 0 heterocycles. The normalized spacial score (nSPS) is 17.7. The molecule has 1 unspecified atom stereocenters. The molecular weight excluding hydrogens is 307 g/mol. The second-order valence-electron chi connectivity index (χ2n) is 4.69. The minimum atomic E-state index is -0.00103. The summed E-state index contributed by atoms with van der Waals surface area (Å²) in [4.78, 5) is 12.3. The Labute approximate surface area is 128 Å². The molecule has 0 spiro atoms. The number of Topliss-reactive ketones (excluding diaryl/α,β-unsaturated/α-hetero) is 1. The van der Waals surface area contributed by atoms with E-state index in [1.807, 2.05) is 6.07 Å². The van der Waals surface area contributed by atoms with Gasteiger partial charge in [-0.15, -0.1) is 11.6 Å². The van der Waals surface area contributed by atoms with Gasteiger partial charge in [0, 0.05) is 17.4 Å². The predicted molar refractivity (Wildman–Crippen MR) is 79.1 cm³/mol. The molecule has 1 atom stereocenters. The topological polar surface area (TPSA) is 26.3 Å². The number of ether oxygens (including phenoxy) is 1. The van der Waals surface area contributed by atoms with E-state index in [4.69, 9.17) is 39.5 Å². The average molecular weight is 322 g/mol. The predicted octanol–water partition coefficient (Wildman–Crippen LogP) is 4.77. The molecule has 2 nitrogen and oxygen atoms in total. The van der Waals surface area contributed by atoms with Crippen molar-refractivity contribution >= 4 is 40.6 Å². The lowest BCUT2D eigenvalue weighted by Gasteiger charge is -2.08. The maximum absolute atomic E-state index is 12.3. The molecule has 1 aliphatic carbocycles. The number of carbonyl (C=O) groups excluding carboxylic acids is 1. The number of carbonyl (C=O) groups is 1. The van der Waals surface area contributed by atoms with E-state index in [0.29, 0.717) is 33.7 Å². The second kappa shape index (κ2) is 6.34. The van der Waals surface area contributed by atoms with Crippen molar-refractivity contribution in [3.63, 3.8) is 0 Å². The van der Waals surface area contributed by atoms with Gasteiger partial charge in [0.1, 0.15) is 10.8 Å². The largest absolute Gasteiger partial charge is 0.495 e. The van der Waals surface area contributed by atoms with Crippen LogP contribution in [0, 0.1) is 5.92 Å². The molecule has 0 aromatic heterocycles. The molecule has 1 aliphatic rings. The third kappa shape index (κ3) is 2.86. The lowest BCUT2D eigenvalue weighted by atomic mass is 9.98. The van der Waals surface area contributed by atoms with Crippen LogP contribution in [0.2, 0.25) is 10.0 Å². The van der Waals surface area contributed by atoms with Crippen LogP contribution in [0.25, 0.3) is 0 Å². The van der Waals surface area contributed by atoms with Gasteiger partial charge < -0.3 is 4.74 Å². The molecule has 0 amide bonds. The second-order valence-corrected chi connectivity index (χ2v) is 5.82. The number of unbranched alkanes of at least 4 members (excludes halogenated alkanes) is 1. The summed E-state index contributed by atoms with van der Waals surface area (Å²) in [7, 11) is 1.54. The number of fused-ring (bicyclic) bond motifs is 1. The minimum Gasteiger partial charge on any atom is -0.495 e. The summed E-state index contributed by atoms with van der Waals surface area (Å²) in [6, 6.07) is 1.82. The maximum atomic E-state index is 12.3. The quantitative estimate of drug-likeness (QED) is 0.577. The number of rotatable bonds is 5. The van der Waals surface area contributed by atoms with Gasteiger partial charge in [0.2, 0.25) is 0 Å². The van der Waals surface area contributed by atoms with Gasteiger partial charge in [0.15, 0.2) is 5.78 Å². The van der Waals surface area contributed by atoms with Crippen LogP contribution in [0.5, 0.6) is 5.75 Å². The molecule has 104 valence electrons. The van der Waals surface area contributed by atoms with Crippen molar-refractivity contribution in [1.29, 1.82) is 0 Å². The first-order chi connectivity index (χ1) is 9.10. The molecule has 19 heavy (non-hydrogen) atoms. The van der Waals surface area contributed by atoms with E-state index in [2.05, 4.69) is 0 Å². The van der Waals surface area contributed by atoms with Crippen LogP contribution in [0.15, 0.2) is 6.07 Å². The van der Waals surface area contributed by atoms with Crippen molar-refractivity contribution in [2.45, 2.75) is 25.7 Å². The Balaban J connectivity index is 2.25. The molecule has 0 N–H and O–H groups in total. The highest BCUT2D eigenvalue weighted by molar-refractivity contribution is 6.45. The van der Waals surface area contributed by atoms with E-state index in [1.165, 1.54) is 0 Å². The van der Waals surface area contributed by atoms with Crippen LogP contribution >= 0.6 is 34.8 Å². The summed E-state index contributed by atoms with van der Waals surface area (Å²) < 4.78 is 5.17. The molecule has 0 bridgehead atoms. The van der Waals surface area contributed by atoms with E-state index in [0.717, 1.165) is 24.8 Å². The van der Waals surface area contributed by atoms with Gasteiger partial charge in [-0.3, -0.25) is 4.79 Å². The Hall–Kier alpha value is -0.440. The highest BCUT2D eigenvalue weighted by Gasteiger charge is 2.34. The summed E-state index contributed by atoms with van der Waals surface area (Å²) in [6.07, 6.45) is 3.44. The van der Waals surface area contributed by atoms with E-state index in [9.17, 15) is 4.79 Å². The standard InChI is InChI=1S/C14H15Cl3O2/c1-19-10-7-9-6-8(4-2-3-5-15)14(18)11(9)13(17)12(10)16/h7-8H,2-6H2,1H3. The number of hydrogen-bond acceptors (Lipinski definition) is 2. The van der Waals surface area contributed by atoms with Crippen molar-refractivity contribution in [2.24, 2.45) is 5.92 Å². The molecule has 1 aromatic rings. The van der Waals surface area contributed by atoms with E-state index < -0.39 is 0 Å². The third-order valence-corrected chi connectivity index (χ3v) is 4.61. The molecular formula is C14H15Cl3O2. The SMILES string of the molecule is COc1cc2c(c(Cl)c1Cl)C(=O)C(CCCCCl)C2. The Bertz CT molecular complexity index is 500. The molecule has 2 rings (SSSR count). The summed E-state index contributed by atoms with van der Waals surface area (Å²) in [5, 5.41) is 0.638. The van der Waals surface area contributed by atoms with Gasteiger partial charge >= 0.3 is 0 Å². The molecule has 0 aliphatic heterocycles. The molecule has 0 radical (unpaired) electrons. The fraction of sp³-hybridized carbons (Fsp3) is 0.500. The summed E-state index contributed by atoms with van der Waals surface area (Å²) in [5.41, 5.74) is 1.51. The zero-order valence-corrected chi connectivity index (χ0v) is 12.9. The van der Waals surface area contributed by atoms with Crippen LogP contribution in [0.3, 0.4) is 0 Å². The lowest BCUT2D eigenvalue weighted by molar-refractivity contribution is 0.0929. The number of hydrogen-bond donors (Lipinski definition) is 0.